The maximum atomic E-state index is 13.0. The van der Waals surface area contributed by atoms with Gasteiger partial charge < -0.3 is 16.2 Å². The Morgan fingerprint density at radius 2 is 1.75 bits per heavy atom. The number of hydrogen-bond donors (Lipinski definition) is 4. The maximum Gasteiger partial charge on any atom is 0.211 e. The highest BCUT2D eigenvalue weighted by Gasteiger charge is 2.25. The highest BCUT2D eigenvalue weighted by atomic mass is 32.2. The molecule has 0 atom stereocenters. The molecule has 2 aromatic heterocycles. The van der Waals surface area contributed by atoms with Crippen LogP contribution in [0.2, 0.25) is 0 Å². The number of anilines is 1. The molecule has 28 heavy (non-hydrogen) atoms. The Morgan fingerprint density at radius 1 is 1.21 bits per heavy atom. The van der Waals surface area contributed by atoms with Crippen LogP contribution in [0.15, 0.2) is 9.59 Å². The van der Waals surface area contributed by atoms with Gasteiger partial charge >= 0.3 is 0 Å². The molecular formula is C20H28FN3O2S2. The minimum Gasteiger partial charge on any atom is -0.386 e. The molecule has 8 heteroatoms. The van der Waals surface area contributed by atoms with Crippen LogP contribution >= 0.6 is 24.0 Å². The number of thiophene rings is 1. The fourth-order valence-corrected chi connectivity index (χ4v) is 4.68. The number of aliphatic hydroxyl groups is 1. The van der Waals surface area contributed by atoms with E-state index in [1.54, 1.807) is 19.2 Å². The van der Waals surface area contributed by atoms with Gasteiger partial charge in [0.15, 0.2) is 5.82 Å². The summed E-state index contributed by atoms with van der Waals surface area (Å²) >= 11 is 5.07. The van der Waals surface area contributed by atoms with Crippen molar-refractivity contribution in [3.63, 3.8) is 0 Å². The summed E-state index contributed by atoms with van der Waals surface area (Å²) in [6, 6.07) is 0. The van der Waals surface area contributed by atoms with Crippen LogP contribution < -0.4 is 11.1 Å². The van der Waals surface area contributed by atoms with E-state index in [9.17, 15) is 14.3 Å². The van der Waals surface area contributed by atoms with Crippen molar-refractivity contribution in [1.82, 2.24) is 4.98 Å². The van der Waals surface area contributed by atoms with Crippen molar-refractivity contribution in [2.75, 3.05) is 12.4 Å². The number of nitrogens with zero attached hydrogens (tertiary/aromatic N) is 1. The van der Waals surface area contributed by atoms with Gasteiger partial charge in [-0.05, 0) is 70.5 Å². The number of hydrogen-bond acceptors (Lipinski definition) is 6. The molecule has 2 aliphatic rings. The van der Waals surface area contributed by atoms with E-state index in [2.05, 4.69) is 23.7 Å². The summed E-state index contributed by atoms with van der Waals surface area (Å²) in [4.78, 5) is 15.4. The first kappa shape index (κ1) is 22.8. The van der Waals surface area contributed by atoms with Crippen molar-refractivity contribution in [2.45, 2.75) is 62.2 Å². The van der Waals surface area contributed by atoms with E-state index >= 15 is 0 Å². The second-order valence-corrected chi connectivity index (χ2v) is 8.76. The quantitative estimate of drug-likeness (QED) is 0.447. The van der Waals surface area contributed by atoms with Crippen LogP contribution in [0.25, 0.3) is 0 Å². The predicted molar refractivity (Wildman–Crippen MR) is 115 cm³/mol. The number of pyridine rings is 1. The summed E-state index contributed by atoms with van der Waals surface area (Å²) in [5, 5.41) is 13.9. The van der Waals surface area contributed by atoms with E-state index in [1.807, 2.05) is 0 Å². The van der Waals surface area contributed by atoms with Crippen molar-refractivity contribution in [3.8, 4) is 0 Å². The van der Waals surface area contributed by atoms with Crippen molar-refractivity contribution >= 4 is 36.1 Å². The lowest BCUT2D eigenvalue weighted by molar-refractivity contribution is -0.105. The number of carbonyl (C=O) groups excluding carboxylic acids is 1. The lowest BCUT2D eigenvalue weighted by atomic mass is 10.0. The van der Waals surface area contributed by atoms with Gasteiger partial charge in [-0.25, -0.2) is 4.39 Å². The standard InChI is InChI=1S/C12H14N2O.C7H9FOS2.CH5N/c15-7-13-12-8-3-1-5-10(8)14-11-6-2-4-9(11)12;1-7(2,9)4-3-11-6(10)5(4)8;1-2/h7H,1-6H2,(H,13,14,15);3,9-10H,1-2H3;2H2,1H3. The summed E-state index contributed by atoms with van der Waals surface area (Å²) in [6.45, 7) is 3.09. The first-order chi connectivity index (χ1) is 13.3. The van der Waals surface area contributed by atoms with Gasteiger partial charge in [0, 0.05) is 22.3 Å². The van der Waals surface area contributed by atoms with Gasteiger partial charge in [-0.2, -0.15) is 0 Å². The fraction of sp³-hybridized carbons (Fsp3) is 0.500. The number of rotatable bonds is 3. The van der Waals surface area contributed by atoms with E-state index in [0.29, 0.717) is 9.77 Å². The number of aromatic nitrogens is 1. The molecule has 0 saturated carbocycles. The van der Waals surface area contributed by atoms with Gasteiger partial charge in [0.05, 0.1) is 15.5 Å². The Hall–Kier alpha value is -1.48. The molecule has 4 rings (SSSR count). The van der Waals surface area contributed by atoms with Crippen molar-refractivity contribution in [1.29, 1.82) is 0 Å². The predicted octanol–water partition coefficient (Wildman–Crippen LogP) is 3.61. The zero-order valence-electron chi connectivity index (χ0n) is 16.5. The van der Waals surface area contributed by atoms with Crippen LogP contribution in [0, 0.1) is 5.82 Å². The van der Waals surface area contributed by atoms with Gasteiger partial charge in [-0.3, -0.25) is 9.78 Å². The molecule has 0 radical (unpaired) electrons. The topological polar surface area (TPSA) is 88.2 Å². The fourth-order valence-electron chi connectivity index (χ4n) is 3.57. The third-order valence-corrected chi connectivity index (χ3v) is 6.09. The number of aryl methyl sites for hydroxylation is 2. The van der Waals surface area contributed by atoms with Crippen LogP contribution in [0.1, 0.15) is 54.8 Å². The monoisotopic (exact) mass is 425 g/mol. The molecule has 0 spiro atoms. The van der Waals surface area contributed by atoms with Crippen LogP contribution in [0.5, 0.6) is 0 Å². The number of amides is 1. The SMILES string of the molecule is CC(C)(O)c1csc(S)c1F.CN.O=CNc1c2c(nc3c1CCC3)CCC2. The highest BCUT2D eigenvalue weighted by molar-refractivity contribution is 7.82. The molecule has 0 unspecified atom stereocenters. The first-order valence-electron chi connectivity index (χ1n) is 9.33. The second-order valence-electron chi connectivity index (χ2n) is 7.13. The smallest absolute Gasteiger partial charge is 0.211 e. The Bertz CT molecular complexity index is 800. The minimum absolute atomic E-state index is 0.313. The molecule has 0 aliphatic heterocycles. The third kappa shape index (κ3) is 4.92. The normalized spacial score (nSPS) is 14.2. The van der Waals surface area contributed by atoms with Crippen LogP contribution in [0.3, 0.4) is 0 Å². The van der Waals surface area contributed by atoms with E-state index in [1.165, 1.54) is 53.7 Å². The third-order valence-electron chi connectivity index (χ3n) is 4.83. The second kappa shape index (κ2) is 9.82. The van der Waals surface area contributed by atoms with Crippen LogP contribution in [-0.4, -0.2) is 23.5 Å². The molecule has 0 fully saturated rings. The summed E-state index contributed by atoms with van der Waals surface area (Å²) < 4.78 is 13.4. The van der Waals surface area contributed by atoms with Crippen molar-refractivity contribution in [2.24, 2.45) is 5.73 Å². The lowest BCUT2D eigenvalue weighted by Crippen LogP contribution is -2.15. The molecule has 2 heterocycles. The number of carbonyl (C=O) groups is 1. The molecule has 1 amide bonds. The minimum atomic E-state index is -1.11. The Balaban J connectivity index is 0.000000193. The lowest BCUT2D eigenvalue weighted by Gasteiger charge is -2.15. The molecule has 0 bridgehead atoms. The van der Waals surface area contributed by atoms with Gasteiger partial charge in [-0.1, -0.05) is 0 Å². The number of halogens is 1. The van der Waals surface area contributed by atoms with E-state index in [-0.39, 0.29) is 0 Å². The number of nitrogens with two attached hydrogens (primary N) is 1. The molecule has 0 aromatic carbocycles. The largest absolute Gasteiger partial charge is 0.386 e. The molecular weight excluding hydrogens is 397 g/mol. The average molecular weight is 426 g/mol. The van der Waals surface area contributed by atoms with E-state index in [4.69, 9.17) is 4.98 Å². The first-order valence-corrected chi connectivity index (χ1v) is 10.7. The highest BCUT2D eigenvalue weighted by Crippen LogP contribution is 2.36. The average Bonchev–Trinajstić information content (AvgIpc) is 3.38. The summed E-state index contributed by atoms with van der Waals surface area (Å²) in [5.74, 6) is -0.411. The van der Waals surface area contributed by atoms with Crippen LogP contribution in [-0.2, 0) is 36.1 Å². The molecule has 4 N–H and O–H groups in total. The molecule has 154 valence electrons. The van der Waals surface area contributed by atoms with Gasteiger partial charge in [0.2, 0.25) is 6.41 Å². The summed E-state index contributed by atoms with van der Waals surface area (Å²) in [6.07, 6.45) is 7.47. The Kier molecular flexibility index (Phi) is 8.00. The van der Waals surface area contributed by atoms with E-state index < -0.39 is 11.4 Å². The zero-order valence-corrected chi connectivity index (χ0v) is 18.2. The van der Waals surface area contributed by atoms with Crippen LogP contribution in [0.4, 0.5) is 10.1 Å². The van der Waals surface area contributed by atoms with Gasteiger partial charge in [0.1, 0.15) is 0 Å². The van der Waals surface area contributed by atoms with Gasteiger partial charge in [-0.15, -0.1) is 24.0 Å². The molecule has 2 aliphatic carbocycles. The Morgan fingerprint density at radius 3 is 2.11 bits per heavy atom. The van der Waals surface area contributed by atoms with Crippen molar-refractivity contribution < 1.29 is 14.3 Å². The molecule has 0 saturated heterocycles. The molecule has 5 nitrogen and oxygen atoms in total. The summed E-state index contributed by atoms with van der Waals surface area (Å²) in [5.41, 5.74) is 9.82. The van der Waals surface area contributed by atoms with Crippen molar-refractivity contribution in [3.05, 3.63) is 39.3 Å². The number of nitrogens with one attached hydrogen (secondary N) is 1. The van der Waals surface area contributed by atoms with Gasteiger partial charge in [0.25, 0.3) is 0 Å². The summed E-state index contributed by atoms with van der Waals surface area (Å²) in [7, 11) is 1.50. The molecule has 2 aromatic rings. The zero-order chi connectivity index (χ0) is 20.9. The maximum absolute atomic E-state index is 13.0. The number of thiol groups is 1. The Labute approximate surface area is 175 Å². The van der Waals surface area contributed by atoms with E-state index in [0.717, 1.165) is 37.8 Å². The number of fused-ring (bicyclic) bond motifs is 2.